The van der Waals surface area contributed by atoms with Gasteiger partial charge >= 0.3 is 0 Å². The Bertz CT molecular complexity index is 1000. The van der Waals surface area contributed by atoms with Crippen molar-refractivity contribution in [3.05, 3.63) is 59.7 Å². The van der Waals surface area contributed by atoms with Crippen LogP contribution < -0.4 is 14.4 Å². The third kappa shape index (κ3) is 6.69. The van der Waals surface area contributed by atoms with Crippen molar-refractivity contribution in [2.75, 3.05) is 43.9 Å². The van der Waals surface area contributed by atoms with Crippen molar-refractivity contribution in [3.63, 3.8) is 0 Å². The Hall–Kier alpha value is -2.62. The van der Waals surface area contributed by atoms with Crippen molar-refractivity contribution in [1.82, 2.24) is 10.2 Å². The van der Waals surface area contributed by atoms with Gasteiger partial charge in [0.1, 0.15) is 5.75 Å². The van der Waals surface area contributed by atoms with Crippen molar-refractivity contribution in [3.8, 4) is 5.75 Å². The minimum atomic E-state index is -3.33. The lowest BCUT2D eigenvalue weighted by Crippen LogP contribution is -2.37. The van der Waals surface area contributed by atoms with Crippen LogP contribution in [0.15, 0.2) is 48.5 Å². The van der Waals surface area contributed by atoms with Crippen LogP contribution in [-0.4, -0.2) is 64.9 Å². The summed E-state index contributed by atoms with van der Waals surface area (Å²) in [5.74, 6) is 0.273. The first kappa shape index (κ1) is 24.0. The molecule has 2 aromatic carbocycles. The van der Waals surface area contributed by atoms with E-state index in [1.807, 2.05) is 18.2 Å². The second-order valence-electron chi connectivity index (χ2n) is 7.86. The van der Waals surface area contributed by atoms with Crippen LogP contribution in [0.4, 0.5) is 5.69 Å². The van der Waals surface area contributed by atoms with Crippen LogP contribution in [-0.2, 0) is 32.6 Å². The van der Waals surface area contributed by atoms with E-state index in [-0.39, 0.29) is 5.91 Å². The molecule has 0 unspecified atom stereocenters. The SMILES string of the molecule is C[C@@H](Oc1ccc(N(C)S(C)(=O)=O)cc1)C(=O)NCc1ccccc1CN1CCOCC1. The van der Waals surface area contributed by atoms with Crippen molar-refractivity contribution >= 4 is 21.6 Å². The van der Waals surface area contributed by atoms with E-state index in [2.05, 4.69) is 16.3 Å². The first-order valence-electron chi connectivity index (χ1n) is 10.6. The van der Waals surface area contributed by atoms with Gasteiger partial charge in [0.05, 0.1) is 25.2 Å². The maximum Gasteiger partial charge on any atom is 0.261 e. The highest BCUT2D eigenvalue weighted by Crippen LogP contribution is 2.21. The Labute approximate surface area is 190 Å². The topological polar surface area (TPSA) is 88.2 Å². The third-order valence-corrected chi connectivity index (χ3v) is 6.65. The highest BCUT2D eigenvalue weighted by Gasteiger charge is 2.17. The van der Waals surface area contributed by atoms with Crippen molar-refractivity contribution < 1.29 is 22.7 Å². The molecule has 1 saturated heterocycles. The smallest absolute Gasteiger partial charge is 0.261 e. The molecule has 3 rings (SSSR count). The number of hydrogen-bond acceptors (Lipinski definition) is 6. The van der Waals surface area contributed by atoms with Crippen molar-refractivity contribution in [2.45, 2.75) is 26.1 Å². The number of benzene rings is 2. The Morgan fingerprint density at radius 3 is 2.38 bits per heavy atom. The van der Waals surface area contributed by atoms with Crippen LogP contribution in [0.1, 0.15) is 18.1 Å². The van der Waals surface area contributed by atoms with E-state index in [1.165, 1.54) is 16.9 Å². The molecule has 1 fully saturated rings. The first-order valence-corrected chi connectivity index (χ1v) is 12.4. The second-order valence-corrected chi connectivity index (χ2v) is 9.87. The lowest BCUT2D eigenvalue weighted by atomic mass is 10.1. The molecule has 0 spiro atoms. The summed E-state index contributed by atoms with van der Waals surface area (Å²) in [4.78, 5) is 14.9. The van der Waals surface area contributed by atoms with Gasteiger partial charge in [-0.3, -0.25) is 14.0 Å². The number of carbonyl (C=O) groups excluding carboxylic acids is 1. The van der Waals surface area contributed by atoms with Crippen LogP contribution in [0.2, 0.25) is 0 Å². The monoisotopic (exact) mass is 461 g/mol. The second kappa shape index (κ2) is 10.8. The summed E-state index contributed by atoms with van der Waals surface area (Å²) in [5.41, 5.74) is 2.79. The van der Waals surface area contributed by atoms with Gasteiger partial charge in [0, 0.05) is 33.2 Å². The van der Waals surface area contributed by atoms with Gasteiger partial charge in [-0.1, -0.05) is 24.3 Å². The number of rotatable bonds is 9. The van der Waals surface area contributed by atoms with Crippen LogP contribution in [0.5, 0.6) is 5.75 Å². The maximum absolute atomic E-state index is 12.6. The molecule has 1 amide bonds. The Balaban J connectivity index is 1.54. The van der Waals surface area contributed by atoms with E-state index in [4.69, 9.17) is 9.47 Å². The number of nitrogens with zero attached hydrogens (tertiary/aromatic N) is 2. The van der Waals surface area contributed by atoms with Gasteiger partial charge in [0.25, 0.3) is 5.91 Å². The third-order valence-electron chi connectivity index (χ3n) is 5.45. The Morgan fingerprint density at radius 1 is 1.12 bits per heavy atom. The molecule has 174 valence electrons. The molecule has 0 aliphatic carbocycles. The first-order chi connectivity index (χ1) is 15.2. The average molecular weight is 462 g/mol. The van der Waals surface area contributed by atoms with E-state index >= 15 is 0 Å². The van der Waals surface area contributed by atoms with E-state index in [0.29, 0.717) is 18.0 Å². The fraction of sp³-hybridized carbons (Fsp3) is 0.435. The molecule has 1 aliphatic heterocycles. The summed E-state index contributed by atoms with van der Waals surface area (Å²) in [6.07, 6.45) is 0.447. The molecule has 1 aliphatic rings. The van der Waals surface area contributed by atoms with Crippen molar-refractivity contribution in [1.29, 1.82) is 0 Å². The van der Waals surface area contributed by atoms with Gasteiger partial charge in [0.2, 0.25) is 10.0 Å². The minimum absolute atomic E-state index is 0.219. The zero-order valence-electron chi connectivity index (χ0n) is 18.8. The predicted molar refractivity (Wildman–Crippen MR) is 124 cm³/mol. The molecule has 1 atom stereocenters. The molecular weight excluding hydrogens is 430 g/mol. The molecule has 2 aromatic rings. The van der Waals surface area contributed by atoms with E-state index in [9.17, 15) is 13.2 Å². The number of anilines is 1. The van der Waals surface area contributed by atoms with Crippen LogP contribution in [0, 0.1) is 0 Å². The quantitative estimate of drug-likeness (QED) is 0.615. The van der Waals surface area contributed by atoms with E-state index in [0.717, 1.165) is 44.7 Å². The van der Waals surface area contributed by atoms with Gasteiger partial charge in [-0.2, -0.15) is 0 Å². The lowest BCUT2D eigenvalue weighted by Gasteiger charge is -2.27. The van der Waals surface area contributed by atoms with Crippen LogP contribution >= 0.6 is 0 Å². The lowest BCUT2D eigenvalue weighted by molar-refractivity contribution is -0.127. The van der Waals surface area contributed by atoms with Crippen LogP contribution in [0.3, 0.4) is 0 Å². The molecule has 32 heavy (non-hydrogen) atoms. The molecule has 0 saturated carbocycles. The van der Waals surface area contributed by atoms with Gasteiger partial charge in [-0.15, -0.1) is 0 Å². The number of ether oxygens (including phenoxy) is 2. The standard InChI is InChI=1S/C23H31N3O5S/c1-18(31-22-10-8-21(9-11-22)25(2)32(3,28)29)23(27)24-16-19-6-4-5-7-20(19)17-26-12-14-30-15-13-26/h4-11,18H,12-17H2,1-3H3,(H,24,27)/t18-/m1/s1. The summed E-state index contributed by atoms with van der Waals surface area (Å²) < 4.78 is 35.6. The number of morpholine rings is 1. The maximum atomic E-state index is 12.6. The molecule has 0 radical (unpaired) electrons. The number of sulfonamides is 1. The average Bonchev–Trinajstić information content (AvgIpc) is 2.78. The predicted octanol–water partition coefficient (Wildman–Crippen LogP) is 2.00. The summed E-state index contributed by atoms with van der Waals surface area (Å²) >= 11 is 0. The molecule has 0 aromatic heterocycles. The highest BCUT2D eigenvalue weighted by atomic mass is 32.2. The largest absolute Gasteiger partial charge is 0.481 e. The number of nitrogens with one attached hydrogen (secondary N) is 1. The highest BCUT2D eigenvalue weighted by molar-refractivity contribution is 7.92. The molecular formula is C23H31N3O5S. The van der Waals surface area contributed by atoms with Crippen LogP contribution in [0.25, 0.3) is 0 Å². The number of hydrogen-bond donors (Lipinski definition) is 1. The van der Waals surface area contributed by atoms with Gasteiger partial charge in [-0.05, 0) is 42.3 Å². The Kier molecular flexibility index (Phi) is 8.11. The van der Waals surface area contributed by atoms with E-state index < -0.39 is 16.1 Å². The molecule has 1 N–H and O–H groups in total. The summed E-state index contributed by atoms with van der Waals surface area (Å²) in [6.45, 7) is 6.25. The summed E-state index contributed by atoms with van der Waals surface area (Å²) in [6, 6.07) is 14.7. The van der Waals surface area contributed by atoms with Gasteiger partial charge < -0.3 is 14.8 Å². The number of carbonyl (C=O) groups is 1. The van der Waals surface area contributed by atoms with Gasteiger partial charge in [-0.25, -0.2) is 8.42 Å². The van der Waals surface area contributed by atoms with Gasteiger partial charge in [0.15, 0.2) is 6.10 Å². The normalized spacial score (nSPS) is 15.7. The fourth-order valence-corrected chi connectivity index (χ4v) is 3.90. The zero-order valence-corrected chi connectivity index (χ0v) is 19.6. The van der Waals surface area contributed by atoms with E-state index in [1.54, 1.807) is 31.2 Å². The molecule has 0 bridgehead atoms. The molecule has 1 heterocycles. The van der Waals surface area contributed by atoms with Crippen molar-refractivity contribution in [2.24, 2.45) is 0 Å². The molecule has 9 heteroatoms. The molecule has 8 nitrogen and oxygen atoms in total. The minimum Gasteiger partial charge on any atom is -0.481 e. The summed E-state index contributed by atoms with van der Waals surface area (Å²) in [5, 5.41) is 2.95. The fourth-order valence-electron chi connectivity index (χ4n) is 3.39. The zero-order chi connectivity index (χ0) is 23.1. The summed E-state index contributed by atoms with van der Waals surface area (Å²) in [7, 11) is -1.85. The number of amides is 1. The Morgan fingerprint density at radius 2 is 1.75 bits per heavy atom.